The largest absolute Gasteiger partial charge is 0.306 e. The molecule has 0 N–H and O–H groups in total. The molecule has 0 spiro atoms. The number of pyridine rings is 2. The fraction of sp³-hybridized carbons (Fsp3) is 0.0476. The monoisotopic (exact) mass is 389 g/mol. The van der Waals surface area contributed by atoms with Gasteiger partial charge < -0.3 is 8.97 Å². The quantitative estimate of drug-likeness (QED) is 0.474. The highest BCUT2D eigenvalue weighted by Crippen LogP contribution is 2.26. The van der Waals surface area contributed by atoms with Gasteiger partial charge in [-0.1, -0.05) is 6.07 Å². The molecule has 0 saturated carbocycles. The van der Waals surface area contributed by atoms with E-state index in [4.69, 9.17) is 0 Å². The Kier molecular flexibility index (Phi) is 3.90. The van der Waals surface area contributed by atoms with Gasteiger partial charge in [-0.2, -0.15) is 0 Å². The molecule has 0 aliphatic rings. The Morgan fingerprint density at radius 2 is 1.76 bits per heavy atom. The highest BCUT2D eigenvalue weighted by Gasteiger charge is 2.15. The van der Waals surface area contributed by atoms with E-state index in [0.717, 1.165) is 11.7 Å². The summed E-state index contributed by atoms with van der Waals surface area (Å²) in [6, 6.07) is 7.73. The van der Waals surface area contributed by atoms with Crippen LogP contribution in [0.4, 0.5) is 8.78 Å². The Labute approximate surface area is 162 Å². The summed E-state index contributed by atoms with van der Waals surface area (Å²) in [6.07, 6.45) is 9.18. The molecule has 29 heavy (non-hydrogen) atoms. The lowest BCUT2D eigenvalue weighted by atomic mass is 10.0. The zero-order chi connectivity index (χ0) is 20.0. The van der Waals surface area contributed by atoms with Crippen molar-refractivity contribution in [2.24, 2.45) is 0 Å². The summed E-state index contributed by atoms with van der Waals surface area (Å²) in [5, 5.41) is 0. The predicted octanol–water partition coefficient (Wildman–Crippen LogP) is 3.43. The van der Waals surface area contributed by atoms with Crippen LogP contribution in [-0.4, -0.2) is 23.9 Å². The molecule has 1 aromatic carbocycles. The molecule has 8 heteroatoms. The summed E-state index contributed by atoms with van der Waals surface area (Å²) in [6.45, 7) is -0.250. The number of rotatable bonds is 3. The van der Waals surface area contributed by atoms with Gasteiger partial charge in [0.05, 0.1) is 42.5 Å². The van der Waals surface area contributed by atoms with Gasteiger partial charge in [0.2, 0.25) is 0 Å². The first-order valence-electron chi connectivity index (χ1n) is 8.80. The molecule has 5 rings (SSSR count). The molecule has 0 aliphatic heterocycles. The van der Waals surface area contributed by atoms with Gasteiger partial charge in [0.1, 0.15) is 17.2 Å². The molecule has 4 heterocycles. The number of halogens is 2. The summed E-state index contributed by atoms with van der Waals surface area (Å²) in [5.74, 6) is -1.45. The summed E-state index contributed by atoms with van der Waals surface area (Å²) in [4.78, 5) is 24.3. The number of imidazole rings is 1. The number of hydrogen-bond donors (Lipinski definition) is 0. The van der Waals surface area contributed by atoms with E-state index in [2.05, 4.69) is 15.0 Å². The smallest absolute Gasteiger partial charge is 0.269 e. The molecule has 0 aliphatic carbocycles. The molecule has 0 amide bonds. The second-order valence-electron chi connectivity index (χ2n) is 6.61. The molecule has 0 saturated heterocycles. The Balaban J connectivity index is 1.59. The third-order valence-corrected chi connectivity index (χ3v) is 4.85. The van der Waals surface area contributed by atoms with E-state index in [-0.39, 0.29) is 12.1 Å². The minimum Gasteiger partial charge on any atom is -0.306 e. The molecular weight excluding hydrogens is 376 g/mol. The lowest BCUT2D eigenvalue weighted by Crippen LogP contribution is -2.22. The maximum atomic E-state index is 14.9. The number of hydrogen-bond acceptors (Lipinski definition) is 4. The summed E-state index contributed by atoms with van der Waals surface area (Å²) >= 11 is 0. The van der Waals surface area contributed by atoms with Gasteiger partial charge in [-0.3, -0.25) is 9.78 Å². The summed E-state index contributed by atoms with van der Waals surface area (Å²) < 4.78 is 32.8. The first-order valence-corrected chi connectivity index (χ1v) is 8.80. The highest BCUT2D eigenvalue weighted by atomic mass is 19.1. The van der Waals surface area contributed by atoms with Crippen molar-refractivity contribution in [3.63, 3.8) is 0 Å². The van der Waals surface area contributed by atoms with Crippen molar-refractivity contribution < 1.29 is 8.78 Å². The van der Waals surface area contributed by atoms with Gasteiger partial charge in [-0.15, -0.1) is 0 Å². The van der Waals surface area contributed by atoms with Crippen LogP contribution in [0.15, 0.2) is 72.4 Å². The molecule has 0 radical (unpaired) electrons. The van der Waals surface area contributed by atoms with E-state index in [9.17, 15) is 13.6 Å². The number of aromatic nitrogens is 5. The predicted molar refractivity (Wildman–Crippen MR) is 103 cm³/mol. The minimum atomic E-state index is -0.725. The first kappa shape index (κ1) is 17.2. The number of benzene rings is 1. The normalized spacial score (nSPS) is 11.4. The van der Waals surface area contributed by atoms with Gasteiger partial charge in [-0.05, 0) is 35.4 Å². The van der Waals surface area contributed by atoms with Gasteiger partial charge in [-0.25, -0.2) is 18.7 Å². The van der Waals surface area contributed by atoms with E-state index < -0.39 is 17.2 Å². The van der Waals surface area contributed by atoms with E-state index >= 15 is 0 Å². The molecular formula is C21H13F2N5O. The average molecular weight is 389 g/mol. The fourth-order valence-corrected chi connectivity index (χ4v) is 3.35. The van der Waals surface area contributed by atoms with Crippen LogP contribution in [0.1, 0.15) is 5.56 Å². The Bertz CT molecular complexity index is 1420. The molecule has 0 fully saturated rings. The van der Waals surface area contributed by atoms with Crippen molar-refractivity contribution in [1.82, 2.24) is 23.9 Å². The molecule has 6 nitrogen and oxygen atoms in total. The third-order valence-electron chi connectivity index (χ3n) is 4.85. The van der Waals surface area contributed by atoms with Crippen LogP contribution in [0, 0.1) is 11.6 Å². The van der Waals surface area contributed by atoms with Crippen molar-refractivity contribution in [1.29, 1.82) is 0 Å². The van der Waals surface area contributed by atoms with Crippen LogP contribution in [-0.2, 0) is 6.54 Å². The third kappa shape index (κ3) is 2.94. The van der Waals surface area contributed by atoms with Crippen LogP contribution in [0.2, 0.25) is 0 Å². The van der Waals surface area contributed by atoms with Crippen LogP contribution in [0.25, 0.3) is 27.7 Å². The van der Waals surface area contributed by atoms with Crippen molar-refractivity contribution >= 4 is 16.6 Å². The first-order chi connectivity index (χ1) is 14.1. The van der Waals surface area contributed by atoms with E-state index in [1.807, 2.05) is 6.07 Å². The average Bonchev–Trinajstić information content (AvgIpc) is 3.19. The molecule has 142 valence electrons. The second-order valence-corrected chi connectivity index (χ2v) is 6.61. The standard InChI is InChI=1S/C21H13F2N5O/c22-17-5-14(13-1-2-15-7-25-12-27(15)10-13)6-18(23)16(17)11-28-20-3-4-24-8-19(20)26-9-21(28)29/h1-10,12H,11H2. The topological polar surface area (TPSA) is 65.1 Å². The lowest BCUT2D eigenvalue weighted by Gasteiger charge is -2.12. The maximum Gasteiger partial charge on any atom is 0.269 e. The van der Waals surface area contributed by atoms with Gasteiger partial charge in [0.25, 0.3) is 5.56 Å². The fourth-order valence-electron chi connectivity index (χ4n) is 3.35. The number of nitrogens with zero attached hydrogens (tertiary/aromatic N) is 5. The van der Waals surface area contributed by atoms with Gasteiger partial charge >= 0.3 is 0 Å². The van der Waals surface area contributed by atoms with Crippen LogP contribution < -0.4 is 5.56 Å². The lowest BCUT2D eigenvalue weighted by molar-refractivity contribution is 0.545. The SMILES string of the molecule is O=c1cnc2cnccc2n1Cc1c(F)cc(-c2ccc3cncn3c2)cc1F. The Morgan fingerprint density at radius 1 is 0.931 bits per heavy atom. The van der Waals surface area contributed by atoms with E-state index in [1.54, 1.807) is 35.3 Å². The minimum absolute atomic E-state index is 0.191. The Hall–Kier alpha value is -3.94. The number of fused-ring (bicyclic) bond motifs is 2. The highest BCUT2D eigenvalue weighted by molar-refractivity contribution is 5.73. The summed E-state index contributed by atoms with van der Waals surface area (Å²) in [5.41, 5.74) is 2.22. The van der Waals surface area contributed by atoms with Crippen molar-refractivity contribution in [2.45, 2.75) is 6.54 Å². The van der Waals surface area contributed by atoms with Gasteiger partial charge in [0, 0.05) is 18.0 Å². The molecule has 5 aromatic rings. The van der Waals surface area contributed by atoms with Crippen LogP contribution >= 0.6 is 0 Å². The second kappa shape index (κ2) is 6.59. The van der Waals surface area contributed by atoms with Crippen LogP contribution in [0.3, 0.4) is 0 Å². The van der Waals surface area contributed by atoms with Crippen molar-refractivity contribution in [3.8, 4) is 11.1 Å². The van der Waals surface area contributed by atoms with Crippen LogP contribution in [0.5, 0.6) is 0 Å². The van der Waals surface area contributed by atoms with Crippen molar-refractivity contribution in [3.05, 3.63) is 95.2 Å². The summed E-state index contributed by atoms with van der Waals surface area (Å²) in [7, 11) is 0. The Morgan fingerprint density at radius 3 is 2.59 bits per heavy atom. The zero-order valence-corrected chi connectivity index (χ0v) is 15.0. The van der Waals surface area contributed by atoms with E-state index in [1.165, 1.54) is 29.1 Å². The maximum absolute atomic E-state index is 14.9. The zero-order valence-electron chi connectivity index (χ0n) is 15.0. The molecule has 0 unspecified atom stereocenters. The molecule has 4 aromatic heterocycles. The van der Waals surface area contributed by atoms with Crippen molar-refractivity contribution in [2.75, 3.05) is 0 Å². The molecule has 0 bridgehead atoms. The van der Waals surface area contributed by atoms with Gasteiger partial charge in [0.15, 0.2) is 0 Å². The molecule has 0 atom stereocenters. The van der Waals surface area contributed by atoms with E-state index in [0.29, 0.717) is 22.2 Å².